The Labute approximate surface area is 152 Å². The van der Waals surface area contributed by atoms with E-state index in [-0.39, 0.29) is 41.7 Å². The minimum atomic E-state index is -3.18. The van der Waals surface area contributed by atoms with Crippen molar-refractivity contribution in [3.05, 3.63) is 28.5 Å². The van der Waals surface area contributed by atoms with E-state index in [1.54, 1.807) is 6.07 Å². The lowest BCUT2D eigenvalue weighted by Gasteiger charge is -2.27. The van der Waals surface area contributed by atoms with Crippen molar-refractivity contribution in [2.24, 2.45) is 5.10 Å². The van der Waals surface area contributed by atoms with Gasteiger partial charge < -0.3 is 5.32 Å². The van der Waals surface area contributed by atoms with Crippen LogP contribution in [0.4, 0.5) is 10.1 Å². The largest absolute Gasteiger partial charge is 0.318 e. The average Bonchev–Trinajstić information content (AvgIpc) is 2.90. The lowest BCUT2D eigenvalue weighted by atomic mass is 10.1. The second-order valence-corrected chi connectivity index (χ2v) is 9.06. The standard InChI is InChI=1S/C15H15BrFN3O4S/c16-9-1-2-12(11(17)7-9)18-15(22)13-3-4-14(21)20(19-13)10-5-6-25(23,24)8-10/h1-2,7,10H,3-6,8H2,(H,18,22). The van der Waals surface area contributed by atoms with Crippen molar-refractivity contribution in [2.45, 2.75) is 25.3 Å². The molecule has 2 amide bonds. The highest BCUT2D eigenvalue weighted by Gasteiger charge is 2.37. The van der Waals surface area contributed by atoms with Gasteiger partial charge >= 0.3 is 0 Å². The molecule has 1 aromatic rings. The van der Waals surface area contributed by atoms with E-state index in [4.69, 9.17) is 0 Å². The summed E-state index contributed by atoms with van der Waals surface area (Å²) in [6, 6.07) is 3.66. The van der Waals surface area contributed by atoms with Gasteiger partial charge in [-0.3, -0.25) is 9.59 Å². The highest BCUT2D eigenvalue weighted by atomic mass is 79.9. The van der Waals surface area contributed by atoms with Gasteiger partial charge in [-0.1, -0.05) is 15.9 Å². The molecule has 0 bridgehead atoms. The van der Waals surface area contributed by atoms with Gasteiger partial charge in [0.1, 0.15) is 11.5 Å². The fourth-order valence-electron chi connectivity index (χ4n) is 2.77. The smallest absolute Gasteiger partial charge is 0.271 e. The monoisotopic (exact) mass is 431 g/mol. The molecule has 0 spiro atoms. The van der Waals surface area contributed by atoms with Gasteiger partial charge in [0.2, 0.25) is 5.91 Å². The molecule has 0 aromatic heterocycles. The molecule has 1 fully saturated rings. The van der Waals surface area contributed by atoms with Crippen LogP contribution in [0.15, 0.2) is 27.8 Å². The second kappa shape index (κ2) is 6.83. The molecule has 3 rings (SSSR count). The third-order valence-electron chi connectivity index (χ3n) is 4.06. The molecule has 2 aliphatic heterocycles. The summed E-state index contributed by atoms with van der Waals surface area (Å²) in [5.74, 6) is -1.68. The predicted molar refractivity (Wildman–Crippen MR) is 93.3 cm³/mol. The van der Waals surface area contributed by atoms with Crippen LogP contribution in [0.1, 0.15) is 19.3 Å². The van der Waals surface area contributed by atoms with Crippen molar-refractivity contribution in [3.8, 4) is 0 Å². The van der Waals surface area contributed by atoms with E-state index in [0.29, 0.717) is 10.9 Å². The summed E-state index contributed by atoms with van der Waals surface area (Å²) in [5, 5.41) is 7.57. The van der Waals surface area contributed by atoms with E-state index in [1.807, 2.05) is 0 Å². The van der Waals surface area contributed by atoms with Crippen molar-refractivity contribution in [1.29, 1.82) is 0 Å². The van der Waals surface area contributed by atoms with Crippen LogP contribution in [0.3, 0.4) is 0 Å². The van der Waals surface area contributed by atoms with Gasteiger partial charge in [0, 0.05) is 17.3 Å². The predicted octanol–water partition coefficient (Wildman–Crippen LogP) is 1.69. The van der Waals surface area contributed by atoms with Crippen molar-refractivity contribution in [2.75, 3.05) is 16.8 Å². The molecular formula is C15H15BrFN3O4S. The van der Waals surface area contributed by atoms with Crippen molar-refractivity contribution in [1.82, 2.24) is 5.01 Å². The molecule has 25 heavy (non-hydrogen) atoms. The lowest BCUT2D eigenvalue weighted by Crippen LogP contribution is -2.42. The molecule has 0 radical (unpaired) electrons. The third kappa shape index (κ3) is 4.06. The van der Waals surface area contributed by atoms with Crippen molar-refractivity contribution >= 4 is 49.0 Å². The molecule has 1 saturated heterocycles. The number of hydrogen-bond donors (Lipinski definition) is 1. The lowest BCUT2D eigenvalue weighted by molar-refractivity contribution is -0.133. The first-order valence-corrected chi connectivity index (χ1v) is 10.2. The number of amides is 2. The summed E-state index contributed by atoms with van der Waals surface area (Å²) >= 11 is 3.13. The molecule has 1 atom stereocenters. The molecule has 1 unspecified atom stereocenters. The van der Waals surface area contributed by atoms with Crippen LogP contribution in [0, 0.1) is 5.82 Å². The van der Waals surface area contributed by atoms with E-state index in [9.17, 15) is 22.4 Å². The maximum atomic E-state index is 13.8. The molecule has 2 aliphatic rings. The number of anilines is 1. The maximum absolute atomic E-state index is 13.8. The fourth-order valence-corrected chi connectivity index (χ4v) is 4.80. The summed E-state index contributed by atoms with van der Waals surface area (Å²) in [4.78, 5) is 24.4. The number of rotatable bonds is 3. The highest BCUT2D eigenvalue weighted by molar-refractivity contribution is 9.10. The van der Waals surface area contributed by atoms with Crippen LogP contribution in [0.2, 0.25) is 0 Å². The molecule has 1 aromatic carbocycles. The molecule has 0 aliphatic carbocycles. The first kappa shape index (κ1) is 18.0. The Morgan fingerprint density at radius 2 is 2.12 bits per heavy atom. The van der Waals surface area contributed by atoms with Gasteiger partial charge in [-0.15, -0.1) is 0 Å². The number of carbonyl (C=O) groups is 2. The van der Waals surface area contributed by atoms with Crippen LogP contribution < -0.4 is 5.32 Å². The van der Waals surface area contributed by atoms with Gasteiger partial charge in [0.15, 0.2) is 9.84 Å². The Balaban J connectivity index is 1.77. The number of nitrogens with zero attached hydrogens (tertiary/aromatic N) is 2. The molecule has 7 nitrogen and oxygen atoms in total. The zero-order valence-corrected chi connectivity index (χ0v) is 15.4. The summed E-state index contributed by atoms with van der Waals surface area (Å²) in [7, 11) is -3.18. The Bertz CT molecular complexity index is 872. The summed E-state index contributed by atoms with van der Waals surface area (Å²) in [6.45, 7) is 0. The SMILES string of the molecule is O=C(Nc1ccc(Br)cc1F)C1=NN(C2CCS(=O)(=O)C2)C(=O)CC1. The number of nitrogens with one attached hydrogen (secondary N) is 1. The van der Waals surface area contributed by atoms with Gasteiger partial charge in [0.25, 0.3) is 5.91 Å². The van der Waals surface area contributed by atoms with Gasteiger partial charge in [0.05, 0.1) is 23.2 Å². The van der Waals surface area contributed by atoms with Crippen LogP contribution in [0.5, 0.6) is 0 Å². The van der Waals surface area contributed by atoms with Crippen LogP contribution in [0.25, 0.3) is 0 Å². The van der Waals surface area contributed by atoms with Crippen molar-refractivity contribution < 1.29 is 22.4 Å². The summed E-state index contributed by atoms with van der Waals surface area (Å²) < 4.78 is 37.6. The van der Waals surface area contributed by atoms with Gasteiger partial charge in [-0.2, -0.15) is 5.10 Å². The van der Waals surface area contributed by atoms with Gasteiger partial charge in [-0.05, 0) is 24.6 Å². The first-order valence-electron chi connectivity index (χ1n) is 7.61. The number of sulfone groups is 1. The zero-order valence-electron chi connectivity index (χ0n) is 13.0. The first-order chi connectivity index (χ1) is 11.7. The van der Waals surface area contributed by atoms with E-state index in [2.05, 4.69) is 26.3 Å². The average molecular weight is 432 g/mol. The molecule has 134 valence electrons. The molecule has 0 saturated carbocycles. The Morgan fingerprint density at radius 3 is 2.76 bits per heavy atom. The minimum absolute atomic E-state index is 0.00258. The van der Waals surface area contributed by atoms with E-state index in [1.165, 1.54) is 12.1 Å². The van der Waals surface area contributed by atoms with Gasteiger partial charge in [-0.25, -0.2) is 17.8 Å². The Kier molecular flexibility index (Phi) is 4.92. The molecule has 10 heteroatoms. The van der Waals surface area contributed by atoms with Crippen LogP contribution in [-0.2, 0) is 19.4 Å². The maximum Gasteiger partial charge on any atom is 0.271 e. The number of hydrogen-bond acceptors (Lipinski definition) is 5. The quantitative estimate of drug-likeness (QED) is 0.787. The molecule has 1 N–H and O–H groups in total. The van der Waals surface area contributed by atoms with Crippen molar-refractivity contribution in [3.63, 3.8) is 0 Å². The summed E-state index contributed by atoms with van der Waals surface area (Å²) in [5.41, 5.74) is 0.0778. The number of hydrazone groups is 1. The van der Waals surface area contributed by atoms with E-state index < -0.39 is 27.6 Å². The Morgan fingerprint density at radius 1 is 1.36 bits per heavy atom. The summed E-state index contributed by atoms with van der Waals surface area (Å²) in [6.07, 6.45) is 0.484. The fraction of sp³-hybridized carbons (Fsp3) is 0.400. The number of carbonyl (C=O) groups excluding carboxylic acids is 2. The molecule has 2 heterocycles. The second-order valence-electron chi connectivity index (χ2n) is 5.92. The Hall–Kier alpha value is -1.81. The minimum Gasteiger partial charge on any atom is -0.318 e. The topological polar surface area (TPSA) is 95.9 Å². The number of benzene rings is 1. The zero-order chi connectivity index (χ0) is 18.2. The highest BCUT2D eigenvalue weighted by Crippen LogP contribution is 2.23. The van der Waals surface area contributed by atoms with Crippen LogP contribution >= 0.6 is 15.9 Å². The van der Waals surface area contributed by atoms with Crippen LogP contribution in [-0.4, -0.2) is 48.5 Å². The normalized spacial score (nSPS) is 22.6. The third-order valence-corrected chi connectivity index (χ3v) is 6.30. The number of halogens is 2. The van der Waals surface area contributed by atoms with E-state index in [0.717, 1.165) is 5.01 Å². The van der Waals surface area contributed by atoms with E-state index >= 15 is 0 Å². The molecular weight excluding hydrogens is 417 g/mol.